The minimum Gasteiger partial charge on any atom is -0.378 e. The van der Waals surface area contributed by atoms with Gasteiger partial charge in [-0.15, -0.1) is 0 Å². The maximum Gasteiger partial charge on any atom is 0.260 e. The SMILES string of the molecule is O=C(Nc1ccc(N2CCOCC2)cn1)c1cccnc1Nc1ccccc1F. The number of pyridine rings is 2. The first-order chi connectivity index (χ1) is 14.2. The van der Waals surface area contributed by atoms with E-state index in [9.17, 15) is 9.18 Å². The largest absolute Gasteiger partial charge is 0.378 e. The zero-order valence-corrected chi connectivity index (χ0v) is 15.6. The molecule has 3 aromatic rings. The third-order valence-corrected chi connectivity index (χ3v) is 4.54. The summed E-state index contributed by atoms with van der Waals surface area (Å²) in [7, 11) is 0. The number of hydrogen-bond acceptors (Lipinski definition) is 6. The van der Waals surface area contributed by atoms with Crippen LogP contribution in [0.4, 0.5) is 27.4 Å². The van der Waals surface area contributed by atoms with E-state index >= 15 is 0 Å². The number of rotatable bonds is 5. The number of ether oxygens (including phenoxy) is 1. The minimum atomic E-state index is -0.426. The number of carbonyl (C=O) groups is 1. The second-order valence-electron chi connectivity index (χ2n) is 6.46. The molecule has 0 aliphatic carbocycles. The van der Waals surface area contributed by atoms with E-state index in [1.807, 2.05) is 6.07 Å². The number of nitrogens with zero attached hydrogens (tertiary/aromatic N) is 3. The van der Waals surface area contributed by atoms with E-state index < -0.39 is 5.82 Å². The fraction of sp³-hybridized carbons (Fsp3) is 0.190. The molecule has 3 heterocycles. The van der Waals surface area contributed by atoms with E-state index in [0.29, 0.717) is 19.0 Å². The van der Waals surface area contributed by atoms with E-state index in [1.54, 1.807) is 42.6 Å². The van der Waals surface area contributed by atoms with Gasteiger partial charge in [0.05, 0.1) is 36.3 Å². The summed E-state index contributed by atoms with van der Waals surface area (Å²) in [5.74, 6) is -0.124. The van der Waals surface area contributed by atoms with Crippen LogP contribution in [0, 0.1) is 5.82 Å². The van der Waals surface area contributed by atoms with Crippen LogP contribution in [-0.2, 0) is 4.74 Å². The molecule has 0 atom stereocenters. The second kappa shape index (κ2) is 8.66. The van der Waals surface area contributed by atoms with Gasteiger partial charge < -0.3 is 20.3 Å². The van der Waals surface area contributed by atoms with E-state index in [0.717, 1.165) is 18.8 Å². The molecule has 4 rings (SSSR count). The standard InChI is InChI=1S/C21H20FN5O2/c22-17-5-1-2-6-18(17)25-20-16(4-3-9-23-20)21(28)26-19-8-7-15(14-24-19)27-10-12-29-13-11-27/h1-9,14H,10-13H2,(H,23,25)(H,24,26,28). The third kappa shape index (κ3) is 4.49. The molecular weight excluding hydrogens is 373 g/mol. The van der Waals surface area contributed by atoms with Crippen molar-refractivity contribution in [2.45, 2.75) is 0 Å². The van der Waals surface area contributed by atoms with Crippen molar-refractivity contribution in [3.05, 3.63) is 72.3 Å². The van der Waals surface area contributed by atoms with Crippen molar-refractivity contribution >= 4 is 28.9 Å². The lowest BCUT2D eigenvalue weighted by Crippen LogP contribution is -2.36. The van der Waals surface area contributed by atoms with Crippen LogP contribution >= 0.6 is 0 Å². The minimum absolute atomic E-state index is 0.244. The van der Waals surface area contributed by atoms with E-state index in [-0.39, 0.29) is 23.0 Å². The van der Waals surface area contributed by atoms with Gasteiger partial charge in [0.15, 0.2) is 0 Å². The fourth-order valence-electron chi connectivity index (χ4n) is 3.03. The molecule has 0 radical (unpaired) electrons. The van der Waals surface area contributed by atoms with Crippen molar-refractivity contribution in [3.8, 4) is 0 Å². The van der Waals surface area contributed by atoms with Crippen LogP contribution in [0.3, 0.4) is 0 Å². The predicted octanol–water partition coefficient (Wildman–Crippen LogP) is 3.45. The van der Waals surface area contributed by atoms with Gasteiger partial charge in [0.25, 0.3) is 5.91 Å². The Kier molecular flexibility index (Phi) is 5.62. The molecule has 0 bridgehead atoms. The van der Waals surface area contributed by atoms with Gasteiger partial charge in [-0.25, -0.2) is 14.4 Å². The monoisotopic (exact) mass is 393 g/mol. The first-order valence-electron chi connectivity index (χ1n) is 9.27. The highest BCUT2D eigenvalue weighted by atomic mass is 19.1. The van der Waals surface area contributed by atoms with E-state index in [4.69, 9.17) is 4.74 Å². The predicted molar refractivity (Wildman–Crippen MR) is 109 cm³/mol. The third-order valence-electron chi connectivity index (χ3n) is 4.54. The van der Waals surface area contributed by atoms with Gasteiger partial charge in [0.1, 0.15) is 17.5 Å². The van der Waals surface area contributed by atoms with E-state index in [2.05, 4.69) is 25.5 Å². The number of aromatic nitrogens is 2. The van der Waals surface area contributed by atoms with Gasteiger partial charge in [0.2, 0.25) is 0 Å². The molecule has 2 N–H and O–H groups in total. The molecule has 1 saturated heterocycles. The van der Waals surface area contributed by atoms with Gasteiger partial charge in [0, 0.05) is 19.3 Å². The molecule has 1 amide bonds. The number of amides is 1. The lowest BCUT2D eigenvalue weighted by molar-refractivity contribution is 0.102. The number of hydrogen-bond donors (Lipinski definition) is 2. The lowest BCUT2D eigenvalue weighted by atomic mass is 10.2. The molecule has 8 heteroatoms. The highest BCUT2D eigenvalue weighted by Crippen LogP contribution is 2.22. The Bertz CT molecular complexity index is 990. The Balaban J connectivity index is 1.48. The average molecular weight is 393 g/mol. The molecule has 2 aromatic heterocycles. The summed E-state index contributed by atoms with van der Waals surface area (Å²) in [4.78, 5) is 23.4. The van der Waals surface area contributed by atoms with Crippen molar-refractivity contribution in [1.82, 2.24) is 9.97 Å². The normalized spacial score (nSPS) is 13.8. The Morgan fingerprint density at radius 2 is 1.86 bits per heavy atom. The van der Waals surface area contributed by atoms with Crippen molar-refractivity contribution in [2.24, 2.45) is 0 Å². The highest BCUT2D eigenvalue weighted by Gasteiger charge is 2.15. The summed E-state index contributed by atoms with van der Waals surface area (Å²) in [6, 6.07) is 13.2. The van der Waals surface area contributed by atoms with Crippen molar-refractivity contribution in [1.29, 1.82) is 0 Å². The van der Waals surface area contributed by atoms with Crippen molar-refractivity contribution < 1.29 is 13.9 Å². The number of nitrogens with one attached hydrogen (secondary N) is 2. The molecule has 1 aromatic carbocycles. The molecule has 1 aliphatic heterocycles. The molecule has 29 heavy (non-hydrogen) atoms. The number of para-hydroxylation sites is 1. The number of carbonyl (C=O) groups excluding carboxylic acids is 1. The first kappa shape index (κ1) is 18.8. The lowest BCUT2D eigenvalue weighted by Gasteiger charge is -2.28. The number of anilines is 4. The van der Waals surface area contributed by atoms with E-state index in [1.165, 1.54) is 12.3 Å². The van der Waals surface area contributed by atoms with Crippen LogP contribution in [0.2, 0.25) is 0 Å². The van der Waals surface area contributed by atoms with Crippen LogP contribution in [0.15, 0.2) is 60.9 Å². The topological polar surface area (TPSA) is 79.4 Å². The number of halogens is 1. The Hall–Kier alpha value is -3.52. The molecule has 0 spiro atoms. The van der Waals surface area contributed by atoms with Crippen LogP contribution in [0.25, 0.3) is 0 Å². The maximum absolute atomic E-state index is 13.9. The summed E-state index contributed by atoms with van der Waals surface area (Å²) >= 11 is 0. The summed E-state index contributed by atoms with van der Waals surface area (Å²) in [5.41, 5.74) is 1.51. The Labute approximate surface area is 167 Å². The molecule has 7 nitrogen and oxygen atoms in total. The number of morpholine rings is 1. The van der Waals surface area contributed by atoms with Gasteiger partial charge in [-0.2, -0.15) is 0 Å². The molecule has 1 fully saturated rings. The summed E-state index contributed by atoms with van der Waals surface area (Å²) in [6.45, 7) is 3.01. The first-order valence-corrected chi connectivity index (χ1v) is 9.27. The van der Waals surface area contributed by atoms with Crippen molar-refractivity contribution in [3.63, 3.8) is 0 Å². The van der Waals surface area contributed by atoms with Gasteiger partial charge >= 0.3 is 0 Å². The van der Waals surface area contributed by atoms with Crippen LogP contribution in [-0.4, -0.2) is 42.2 Å². The molecular formula is C21H20FN5O2. The Morgan fingerprint density at radius 3 is 2.62 bits per heavy atom. The summed E-state index contributed by atoms with van der Waals surface area (Å²) < 4.78 is 19.3. The summed E-state index contributed by atoms with van der Waals surface area (Å²) in [5, 5.41) is 5.64. The Morgan fingerprint density at radius 1 is 1.03 bits per heavy atom. The highest BCUT2D eigenvalue weighted by molar-refractivity contribution is 6.07. The smallest absolute Gasteiger partial charge is 0.260 e. The zero-order valence-electron chi connectivity index (χ0n) is 15.6. The van der Waals surface area contributed by atoms with Crippen molar-refractivity contribution in [2.75, 3.05) is 41.8 Å². The second-order valence-corrected chi connectivity index (χ2v) is 6.46. The fourth-order valence-corrected chi connectivity index (χ4v) is 3.03. The van der Waals surface area contributed by atoms with Gasteiger partial charge in [-0.1, -0.05) is 12.1 Å². The van der Waals surface area contributed by atoms with Crippen LogP contribution in [0.5, 0.6) is 0 Å². The molecule has 0 unspecified atom stereocenters. The van der Waals surface area contributed by atoms with Crippen LogP contribution < -0.4 is 15.5 Å². The zero-order chi connectivity index (χ0) is 20.1. The molecule has 1 aliphatic rings. The van der Waals surface area contributed by atoms with Gasteiger partial charge in [-0.3, -0.25) is 4.79 Å². The maximum atomic E-state index is 13.9. The molecule has 0 saturated carbocycles. The average Bonchev–Trinajstić information content (AvgIpc) is 2.77. The number of benzene rings is 1. The molecule has 148 valence electrons. The summed E-state index contributed by atoms with van der Waals surface area (Å²) in [6.07, 6.45) is 3.26. The quantitative estimate of drug-likeness (QED) is 0.691. The van der Waals surface area contributed by atoms with Crippen LogP contribution in [0.1, 0.15) is 10.4 Å². The van der Waals surface area contributed by atoms with Gasteiger partial charge in [-0.05, 0) is 36.4 Å².